The first-order chi connectivity index (χ1) is 15.6. The molecule has 1 amide bonds. The van der Waals surface area contributed by atoms with E-state index in [2.05, 4.69) is 25.3 Å². The summed E-state index contributed by atoms with van der Waals surface area (Å²) in [5, 5.41) is 2.89. The molecule has 0 radical (unpaired) electrons. The molecule has 0 aliphatic carbocycles. The number of aromatic nitrogens is 4. The lowest BCUT2D eigenvalue weighted by molar-refractivity contribution is 0.0936. The first-order valence-electron chi connectivity index (χ1n) is 10.2. The molecule has 1 atom stereocenters. The SMILES string of the molecule is Nc1cc(-c2cnc(N3CC[C@H](NC(=O)c4ccccc4F)C3)nc2)c2nccnc2c1. The molecule has 160 valence electrons. The molecule has 0 bridgehead atoms. The Bertz CT molecular complexity index is 1300. The van der Waals surface area contributed by atoms with Gasteiger partial charge >= 0.3 is 0 Å². The quantitative estimate of drug-likeness (QED) is 0.480. The molecule has 32 heavy (non-hydrogen) atoms. The van der Waals surface area contributed by atoms with E-state index in [9.17, 15) is 9.18 Å². The number of nitrogens with zero attached hydrogens (tertiary/aromatic N) is 5. The summed E-state index contributed by atoms with van der Waals surface area (Å²) in [7, 11) is 0. The summed E-state index contributed by atoms with van der Waals surface area (Å²) in [4.78, 5) is 32.1. The number of hydrogen-bond acceptors (Lipinski definition) is 7. The lowest BCUT2D eigenvalue weighted by Gasteiger charge is -2.17. The summed E-state index contributed by atoms with van der Waals surface area (Å²) in [6, 6.07) is 9.45. The monoisotopic (exact) mass is 429 g/mol. The van der Waals surface area contributed by atoms with Crippen LogP contribution in [0.1, 0.15) is 16.8 Å². The molecule has 4 aromatic rings. The Balaban J connectivity index is 1.31. The largest absolute Gasteiger partial charge is 0.399 e. The molecule has 0 unspecified atom stereocenters. The standard InChI is InChI=1S/C23H20FN7O/c24-19-4-2-1-3-17(19)22(32)30-16-5-8-31(13-16)23-28-11-14(12-29-23)18-9-15(25)10-20-21(18)27-7-6-26-20/h1-4,6-7,9-12,16H,5,8,13,25H2,(H,30,32)/t16-/m0/s1. The minimum Gasteiger partial charge on any atom is -0.399 e. The smallest absolute Gasteiger partial charge is 0.254 e. The number of amides is 1. The summed E-state index contributed by atoms with van der Waals surface area (Å²) >= 11 is 0. The van der Waals surface area contributed by atoms with Crippen LogP contribution in [0, 0.1) is 5.82 Å². The van der Waals surface area contributed by atoms with E-state index in [1.54, 1.807) is 43.0 Å². The van der Waals surface area contributed by atoms with Crippen LogP contribution in [-0.4, -0.2) is 45.0 Å². The van der Waals surface area contributed by atoms with Crippen LogP contribution in [0.3, 0.4) is 0 Å². The molecule has 1 fully saturated rings. The van der Waals surface area contributed by atoms with Gasteiger partial charge in [-0.05, 0) is 30.7 Å². The third-order valence-electron chi connectivity index (χ3n) is 5.47. The van der Waals surface area contributed by atoms with Gasteiger partial charge in [-0.25, -0.2) is 14.4 Å². The number of carbonyl (C=O) groups excluding carboxylic acids is 1. The fourth-order valence-electron chi connectivity index (χ4n) is 3.91. The lowest BCUT2D eigenvalue weighted by atomic mass is 10.1. The van der Waals surface area contributed by atoms with Gasteiger partial charge in [0.15, 0.2) is 0 Å². The highest BCUT2D eigenvalue weighted by Crippen LogP contribution is 2.29. The van der Waals surface area contributed by atoms with Gasteiger partial charge in [0.1, 0.15) is 5.82 Å². The van der Waals surface area contributed by atoms with Gasteiger partial charge in [0, 0.05) is 60.7 Å². The summed E-state index contributed by atoms with van der Waals surface area (Å²) in [6.45, 7) is 1.24. The van der Waals surface area contributed by atoms with E-state index in [-0.39, 0.29) is 11.6 Å². The van der Waals surface area contributed by atoms with E-state index in [0.717, 1.165) is 23.1 Å². The predicted molar refractivity (Wildman–Crippen MR) is 119 cm³/mol. The average Bonchev–Trinajstić information content (AvgIpc) is 3.27. The lowest BCUT2D eigenvalue weighted by Crippen LogP contribution is -2.37. The highest BCUT2D eigenvalue weighted by molar-refractivity contribution is 5.95. The third-order valence-corrected chi connectivity index (χ3v) is 5.47. The highest BCUT2D eigenvalue weighted by Gasteiger charge is 2.26. The number of halogens is 1. The average molecular weight is 429 g/mol. The molecule has 2 aromatic heterocycles. The maximum Gasteiger partial charge on any atom is 0.254 e. The van der Waals surface area contributed by atoms with Gasteiger partial charge in [0.25, 0.3) is 5.91 Å². The Morgan fingerprint density at radius 1 is 1.09 bits per heavy atom. The first-order valence-corrected chi connectivity index (χ1v) is 10.2. The summed E-state index contributed by atoms with van der Waals surface area (Å²) in [6.07, 6.45) is 7.45. The zero-order valence-corrected chi connectivity index (χ0v) is 17.1. The minimum atomic E-state index is -0.530. The normalized spacial score (nSPS) is 15.8. The van der Waals surface area contributed by atoms with Gasteiger partial charge in [0.05, 0.1) is 16.6 Å². The van der Waals surface area contributed by atoms with Crippen molar-refractivity contribution in [2.24, 2.45) is 0 Å². The van der Waals surface area contributed by atoms with Gasteiger partial charge in [-0.15, -0.1) is 0 Å². The fourth-order valence-corrected chi connectivity index (χ4v) is 3.91. The second kappa shape index (κ2) is 8.18. The van der Waals surface area contributed by atoms with Crippen LogP contribution >= 0.6 is 0 Å². The number of nitrogens with one attached hydrogen (secondary N) is 1. The maximum atomic E-state index is 13.8. The van der Waals surface area contributed by atoms with Crippen molar-refractivity contribution in [2.45, 2.75) is 12.5 Å². The molecule has 5 rings (SSSR count). The topological polar surface area (TPSA) is 110 Å². The van der Waals surface area contributed by atoms with Crippen molar-refractivity contribution in [2.75, 3.05) is 23.7 Å². The first kappa shape index (κ1) is 19.8. The Hall–Kier alpha value is -4.14. The van der Waals surface area contributed by atoms with Crippen molar-refractivity contribution in [3.05, 3.63) is 72.6 Å². The Labute approximate surface area is 183 Å². The van der Waals surface area contributed by atoms with Crippen molar-refractivity contribution in [1.29, 1.82) is 0 Å². The van der Waals surface area contributed by atoms with Crippen molar-refractivity contribution >= 4 is 28.6 Å². The number of fused-ring (bicyclic) bond motifs is 1. The molecule has 0 saturated carbocycles. The summed E-state index contributed by atoms with van der Waals surface area (Å²) < 4.78 is 13.8. The van der Waals surface area contributed by atoms with Crippen LogP contribution in [0.2, 0.25) is 0 Å². The zero-order valence-electron chi connectivity index (χ0n) is 17.1. The minimum absolute atomic E-state index is 0.0454. The van der Waals surface area contributed by atoms with Crippen LogP contribution in [0.4, 0.5) is 16.0 Å². The van der Waals surface area contributed by atoms with Crippen molar-refractivity contribution in [3.8, 4) is 11.1 Å². The van der Waals surface area contributed by atoms with E-state index >= 15 is 0 Å². The van der Waals surface area contributed by atoms with Gasteiger partial charge < -0.3 is 16.0 Å². The third kappa shape index (κ3) is 3.80. The van der Waals surface area contributed by atoms with Crippen molar-refractivity contribution in [3.63, 3.8) is 0 Å². The van der Waals surface area contributed by atoms with Gasteiger partial charge in [0.2, 0.25) is 5.95 Å². The Morgan fingerprint density at radius 2 is 1.88 bits per heavy atom. The number of rotatable bonds is 4. The van der Waals surface area contributed by atoms with Crippen LogP contribution in [-0.2, 0) is 0 Å². The molecule has 1 saturated heterocycles. The number of benzene rings is 2. The molecule has 1 aliphatic rings. The van der Waals surface area contributed by atoms with Crippen LogP contribution in [0.15, 0.2) is 61.2 Å². The van der Waals surface area contributed by atoms with E-state index in [0.29, 0.717) is 30.2 Å². The zero-order chi connectivity index (χ0) is 22.1. The van der Waals surface area contributed by atoms with Crippen LogP contribution in [0.25, 0.3) is 22.2 Å². The molecule has 3 heterocycles. The molecule has 2 aromatic carbocycles. The Kier molecular flexibility index (Phi) is 5.06. The van der Waals surface area contributed by atoms with E-state index < -0.39 is 11.7 Å². The van der Waals surface area contributed by atoms with Gasteiger partial charge in [-0.3, -0.25) is 14.8 Å². The fraction of sp³-hybridized carbons (Fsp3) is 0.174. The van der Waals surface area contributed by atoms with E-state index in [1.165, 1.54) is 12.1 Å². The molecule has 3 N–H and O–H groups in total. The summed E-state index contributed by atoms with van der Waals surface area (Å²) in [5.74, 6) is -0.380. The second-order valence-corrected chi connectivity index (χ2v) is 7.65. The molecule has 1 aliphatic heterocycles. The maximum absolute atomic E-state index is 13.8. The Morgan fingerprint density at radius 3 is 2.69 bits per heavy atom. The summed E-state index contributed by atoms with van der Waals surface area (Å²) in [5.41, 5.74) is 9.70. The number of hydrogen-bond donors (Lipinski definition) is 2. The number of carbonyl (C=O) groups is 1. The molecule has 0 spiro atoms. The molecular weight excluding hydrogens is 409 g/mol. The van der Waals surface area contributed by atoms with Crippen LogP contribution in [0.5, 0.6) is 0 Å². The van der Waals surface area contributed by atoms with Crippen LogP contribution < -0.4 is 16.0 Å². The predicted octanol–water partition coefficient (Wildman–Crippen LogP) is 2.82. The van der Waals surface area contributed by atoms with Crippen molar-refractivity contribution < 1.29 is 9.18 Å². The molecular formula is C23H20FN7O. The van der Waals surface area contributed by atoms with Crippen molar-refractivity contribution in [1.82, 2.24) is 25.3 Å². The van der Waals surface area contributed by atoms with Gasteiger partial charge in [-0.2, -0.15) is 0 Å². The number of nitrogens with two attached hydrogens (primary N) is 1. The molecule has 8 nitrogen and oxygen atoms in total. The molecule has 9 heteroatoms. The second-order valence-electron chi connectivity index (χ2n) is 7.65. The van der Waals surface area contributed by atoms with E-state index in [1.807, 2.05) is 11.0 Å². The van der Waals surface area contributed by atoms with E-state index in [4.69, 9.17) is 5.73 Å². The highest BCUT2D eigenvalue weighted by atomic mass is 19.1. The number of nitrogen functional groups attached to an aromatic ring is 1. The van der Waals surface area contributed by atoms with Gasteiger partial charge in [-0.1, -0.05) is 12.1 Å². The number of anilines is 2.